The highest BCUT2D eigenvalue weighted by atomic mass is 32.1. The predicted octanol–water partition coefficient (Wildman–Crippen LogP) is 1.87. The molecule has 1 aliphatic rings. The number of rotatable bonds is 8. The Kier molecular flexibility index (Phi) is 7.37. The standard InChI is InChI=1S/C15H31N3OS/c1-5-6-13(14(16)20)18-11-9-17(10-12-18)8-7-15(2,3)19-4/h13H,5-12H2,1-4H3,(H2,16,20). The molecule has 1 atom stereocenters. The summed E-state index contributed by atoms with van der Waals surface area (Å²) in [6.45, 7) is 11.9. The molecule has 0 spiro atoms. The van der Waals surface area contributed by atoms with Gasteiger partial charge in [-0.2, -0.15) is 0 Å². The van der Waals surface area contributed by atoms with E-state index in [1.165, 1.54) is 0 Å². The van der Waals surface area contributed by atoms with Gasteiger partial charge in [-0.25, -0.2) is 0 Å². The van der Waals surface area contributed by atoms with Crippen LogP contribution >= 0.6 is 12.2 Å². The number of methoxy groups -OCH3 is 1. The van der Waals surface area contributed by atoms with Gasteiger partial charge < -0.3 is 15.4 Å². The molecule has 2 N–H and O–H groups in total. The van der Waals surface area contributed by atoms with Gasteiger partial charge in [0.1, 0.15) is 0 Å². The van der Waals surface area contributed by atoms with Crippen LogP contribution in [0.1, 0.15) is 40.0 Å². The van der Waals surface area contributed by atoms with E-state index < -0.39 is 0 Å². The van der Waals surface area contributed by atoms with Gasteiger partial charge in [0.25, 0.3) is 0 Å². The normalized spacial score (nSPS) is 20.0. The molecule has 0 saturated carbocycles. The van der Waals surface area contributed by atoms with E-state index >= 15 is 0 Å². The summed E-state index contributed by atoms with van der Waals surface area (Å²) in [5, 5.41) is 0. The lowest BCUT2D eigenvalue weighted by molar-refractivity contribution is 0.00255. The molecule has 0 aromatic heterocycles. The fraction of sp³-hybridized carbons (Fsp3) is 0.933. The number of hydrogen-bond donors (Lipinski definition) is 1. The summed E-state index contributed by atoms with van der Waals surface area (Å²) in [6.07, 6.45) is 3.27. The number of piperazine rings is 1. The molecule has 1 heterocycles. The zero-order chi connectivity index (χ0) is 15.2. The third-order valence-corrected chi connectivity index (χ3v) is 4.59. The van der Waals surface area contributed by atoms with Crippen molar-refractivity contribution in [3.05, 3.63) is 0 Å². The van der Waals surface area contributed by atoms with Crippen molar-refractivity contribution in [2.75, 3.05) is 39.8 Å². The zero-order valence-corrected chi connectivity index (χ0v) is 14.3. The van der Waals surface area contributed by atoms with Crippen LogP contribution in [0.3, 0.4) is 0 Å². The van der Waals surface area contributed by atoms with E-state index in [2.05, 4.69) is 30.6 Å². The Labute approximate surface area is 129 Å². The van der Waals surface area contributed by atoms with Crippen LogP contribution in [-0.2, 0) is 4.74 Å². The minimum absolute atomic E-state index is 0.0271. The van der Waals surface area contributed by atoms with Crippen LogP contribution in [0.15, 0.2) is 0 Å². The average Bonchev–Trinajstić information content (AvgIpc) is 2.43. The number of hydrogen-bond acceptors (Lipinski definition) is 4. The van der Waals surface area contributed by atoms with Crippen molar-refractivity contribution >= 4 is 17.2 Å². The summed E-state index contributed by atoms with van der Waals surface area (Å²) in [7, 11) is 1.79. The first-order valence-electron chi connectivity index (χ1n) is 7.70. The van der Waals surface area contributed by atoms with Gasteiger partial charge in [-0.15, -0.1) is 0 Å². The van der Waals surface area contributed by atoms with Crippen LogP contribution in [0.2, 0.25) is 0 Å². The third kappa shape index (κ3) is 5.64. The Bertz CT molecular complexity index is 301. The highest BCUT2D eigenvalue weighted by Crippen LogP contribution is 2.16. The summed E-state index contributed by atoms with van der Waals surface area (Å²) >= 11 is 5.21. The molecule has 0 aromatic rings. The minimum atomic E-state index is -0.0271. The monoisotopic (exact) mass is 301 g/mol. The lowest BCUT2D eigenvalue weighted by Gasteiger charge is -2.39. The summed E-state index contributed by atoms with van der Waals surface area (Å²) in [5.74, 6) is 0. The molecule has 20 heavy (non-hydrogen) atoms. The van der Waals surface area contributed by atoms with Crippen molar-refractivity contribution in [3.8, 4) is 0 Å². The van der Waals surface area contributed by atoms with Crippen LogP contribution in [-0.4, -0.2) is 66.3 Å². The second-order valence-electron chi connectivity index (χ2n) is 6.30. The molecule has 1 fully saturated rings. The van der Waals surface area contributed by atoms with Crippen molar-refractivity contribution in [2.45, 2.75) is 51.7 Å². The third-order valence-electron chi connectivity index (χ3n) is 4.32. The molecule has 0 radical (unpaired) electrons. The van der Waals surface area contributed by atoms with E-state index in [0.29, 0.717) is 4.99 Å². The van der Waals surface area contributed by atoms with Crippen LogP contribution < -0.4 is 5.73 Å². The topological polar surface area (TPSA) is 41.7 Å². The Hall–Kier alpha value is -0.230. The van der Waals surface area contributed by atoms with Crippen molar-refractivity contribution in [1.82, 2.24) is 9.80 Å². The molecule has 5 heteroatoms. The molecule has 118 valence electrons. The highest BCUT2D eigenvalue weighted by Gasteiger charge is 2.26. The van der Waals surface area contributed by atoms with Crippen molar-refractivity contribution in [3.63, 3.8) is 0 Å². The maximum absolute atomic E-state index is 5.88. The van der Waals surface area contributed by atoms with Crippen molar-refractivity contribution in [2.24, 2.45) is 5.73 Å². The second-order valence-corrected chi connectivity index (χ2v) is 6.77. The molecule has 4 nitrogen and oxygen atoms in total. The lowest BCUT2D eigenvalue weighted by atomic mass is 10.0. The Morgan fingerprint density at radius 3 is 2.35 bits per heavy atom. The summed E-state index contributed by atoms with van der Waals surface area (Å²) < 4.78 is 5.48. The van der Waals surface area contributed by atoms with Gasteiger partial charge in [0, 0.05) is 39.8 Å². The molecule has 1 rings (SSSR count). The first-order valence-corrected chi connectivity index (χ1v) is 8.11. The van der Waals surface area contributed by atoms with E-state index in [1.807, 2.05) is 0 Å². The molecule has 0 aliphatic carbocycles. The minimum Gasteiger partial charge on any atom is -0.392 e. The highest BCUT2D eigenvalue weighted by molar-refractivity contribution is 7.80. The lowest BCUT2D eigenvalue weighted by Crippen LogP contribution is -2.54. The van der Waals surface area contributed by atoms with Crippen LogP contribution in [0.25, 0.3) is 0 Å². The van der Waals surface area contributed by atoms with E-state index in [9.17, 15) is 0 Å². The SMILES string of the molecule is CCCC(C(N)=S)N1CCN(CCC(C)(C)OC)CC1. The summed E-state index contributed by atoms with van der Waals surface area (Å²) in [6, 6.07) is 0.285. The van der Waals surface area contributed by atoms with E-state index in [1.54, 1.807) is 7.11 Å². The molecule has 0 bridgehead atoms. The van der Waals surface area contributed by atoms with Crippen LogP contribution in [0, 0.1) is 0 Å². The fourth-order valence-corrected chi connectivity index (χ4v) is 2.87. The molecule has 0 aromatic carbocycles. The van der Waals surface area contributed by atoms with Gasteiger partial charge in [0.15, 0.2) is 0 Å². The van der Waals surface area contributed by atoms with Gasteiger partial charge in [0.05, 0.1) is 16.6 Å². The van der Waals surface area contributed by atoms with Crippen molar-refractivity contribution < 1.29 is 4.74 Å². The Morgan fingerprint density at radius 1 is 1.30 bits per heavy atom. The molecular formula is C15H31N3OS. The van der Waals surface area contributed by atoms with Gasteiger partial charge >= 0.3 is 0 Å². The number of thiocarbonyl (C=S) groups is 1. The Balaban J connectivity index is 2.37. The molecule has 1 aliphatic heterocycles. The average molecular weight is 302 g/mol. The number of nitrogens with two attached hydrogens (primary N) is 1. The molecule has 1 saturated heterocycles. The predicted molar refractivity (Wildman–Crippen MR) is 89.2 cm³/mol. The summed E-state index contributed by atoms with van der Waals surface area (Å²) in [4.78, 5) is 5.62. The number of ether oxygens (including phenoxy) is 1. The first kappa shape index (κ1) is 17.8. The zero-order valence-electron chi connectivity index (χ0n) is 13.5. The molecular weight excluding hydrogens is 270 g/mol. The van der Waals surface area contributed by atoms with Gasteiger partial charge in [-0.05, 0) is 26.7 Å². The van der Waals surface area contributed by atoms with Gasteiger partial charge in [0.2, 0.25) is 0 Å². The molecule has 0 amide bonds. The maximum Gasteiger partial charge on any atom is 0.0902 e. The van der Waals surface area contributed by atoms with Crippen LogP contribution in [0.4, 0.5) is 0 Å². The quantitative estimate of drug-likeness (QED) is 0.693. The summed E-state index contributed by atoms with van der Waals surface area (Å²) in [5.41, 5.74) is 5.85. The van der Waals surface area contributed by atoms with Gasteiger partial charge in [-0.3, -0.25) is 4.90 Å². The largest absolute Gasteiger partial charge is 0.392 e. The number of nitrogens with zero attached hydrogens (tertiary/aromatic N) is 2. The van der Waals surface area contributed by atoms with Crippen LogP contribution in [0.5, 0.6) is 0 Å². The fourth-order valence-electron chi connectivity index (χ4n) is 2.61. The van der Waals surface area contributed by atoms with E-state index in [-0.39, 0.29) is 11.6 Å². The van der Waals surface area contributed by atoms with E-state index in [4.69, 9.17) is 22.7 Å². The first-order chi connectivity index (χ1) is 9.39. The maximum atomic E-state index is 5.88. The van der Waals surface area contributed by atoms with E-state index in [0.717, 1.165) is 52.0 Å². The smallest absolute Gasteiger partial charge is 0.0902 e. The Morgan fingerprint density at radius 2 is 1.90 bits per heavy atom. The van der Waals surface area contributed by atoms with Gasteiger partial charge in [-0.1, -0.05) is 25.6 Å². The second kappa shape index (κ2) is 8.27. The molecule has 1 unspecified atom stereocenters. The van der Waals surface area contributed by atoms with Crippen molar-refractivity contribution in [1.29, 1.82) is 0 Å².